The highest BCUT2D eigenvalue weighted by Crippen LogP contribution is 2.15. The largest absolute Gasteiger partial charge is 0.466 e. The van der Waals surface area contributed by atoms with Crippen LogP contribution in [0.5, 0.6) is 0 Å². The Morgan fingerprint density at radius 2 is 1.15 bits per heavy atom. The molecule has 0 aliphatic carbocycles. The Morgan fingerprint density at radius 1 is 0.654 bits per heavy atom. The molecule has 0 aromatic heterocycles. The summed E-state index contributed by atoms with van der Waals surface area (Å²) in [5.41, 5.74) is 0. The molecule has 0 aliphatic heterocycles. The maximum Gasteiger partial charge on any atom is 0.305 e. The van der Waals surface area contributed by atoms with E-state index >= 15 is 0 Å². The lowest BCUT2D eigenvalue weighted by molar-refractivity contribution is -0.145. The van der Waals surface area contributed by atoms with Gasteiger partial charge in [-0.3, -0.25) is 9.59 Å². The van der Waals surface area contributed by atoms with Crippen molar-refractivity contribution < 1.29 is 19.1 Å². The molecule has 0 atom stereocenters. The number of carbonyl (C=O) groups excluding carboxylic acids is 2. The Labute approximate surface area is 161 Å². The van der Waals surface area contributed by atoms with E-state index in [2.05, 4.69) is 20.8 Å². The summed E-state index contributed by atoms with van der Waals surface area (Å²) in [7, 11) is 0. The monoisotopic (exact) mass is 370 g/mol. The molecular weight excluding hydrogens is 328 g/mol. The fourth-order valence-corrected chi connectivity index (χ4v) is 3.06. The van der Waals surface area contributed by atoms with Gasteiger partial charge in [-0.2, -0.15) is 0 Å². The third-order valence-electron chi connectivity index (χ3n) is 4.65. The van der Waals surface area contributed by atoms with E-state index in [4.69, 9.17) is 9.47 Å². The van der Waals surface area contributed by atoms with Crippen LogP contribution in [0.4, 0.5) is 0 Å². The zero-order chi connectivity index (χ0) is 19.5. The highest BCUT2D eigenvalue weighted by Gasteiger charge is 2.10. The first-order valence-electron chi connectivity index (χ1n) is 10.9. The van der Waals surface area contributed by atoms with Crippen molar-refractivity contribution in [2.75, 3.05) is 13.2 Å². The Bertz CT molecular complexity index is 335. The highest BCUT2D eigenvalue weighted by molar-refractivity contribution is 5.69. The maximum atomic E-state index is 11.8. The van der Waals surface area contributed by atoms with Crippen LogP contribution in [0, 0.1) is 5.92 Å². The molecule has 0 fully saturated rings. The van der Waals surface area contributed by atoms with Crippen molar-refractivity contribution in [3.05, 3.63) is 0 Å². The minimum absolute atomic E-state index is 0.0444. The molecule has 4 heteroatoms. The molecule has 0 amide bonds. The van der Waals surface area contributed by atoms with E-state index in [0.29, 0.717) is 32.0 Å². The first-order chi connectivity index (χ1) is 12.6. The lowest BCUT2D eigenvalue weighted by Crippen LogP contribution is -2.14. The topological polar surface area (TPSA) is 52.6 Å². The van der Waals surface area contributed by atoms with Crippen LogP contribution in [0.1, 0.15) is 111 Å². The predicted octanol–water partition coefficient (Wildman–Crippen LogP) is 6.21. The quantitative estimate of drug-likeness (QED) is 0.212. The van der Waals surface area contributed by atoms with Gasteiger partial charge in [0.25, 0.3) is 0 Å². The Hall–Kier alpha value is -1.06. The number of hydrogen-bond donors (Lipinski definition) is 0. The van der Waals surface area contributed by atoms with Gasteiger partial charge in [0.1, 0.15) is 0 Å². The SMILES string of the molecule is CCCCOC(=O)CCCCCCCCC(=O)OCC(CCC)CCC. The Kier molecular flexibility index (Phi) is 18.0. The van der Waals surface area contributed by atoms with E-state index in [1.54, 1.807) is 0 Å². The second-order valence-corrected chi connectivity index (χ2v) is 7.32. The molecule has 0 aromatic rings. The maximum absolute atomic E-state index is 11.8. The molecule has 0 aromatic carbocycles. The van der Waals surface area contributed by atoms with Crippen molar-refractivity contribution in [3.63, 3.8) is 0 Å². The van der Waals surface area contributed by atoms with Crippen LogP contribution in [0.25, 0.3) is 0 Å². The first kappa shape index (κ1) is 24.9. The number of ether oxygens (including phenoxy) is 2. The van der Waals surface area contributed by atoms with Gasteiger partial charge in [-0.25, -0.2) is 0 Å². The summed E-state index contributed by atoms with van der Waals surface area (Å²) >= 11 is 0. The molecule has 0 radical (unpaired) electrons. The van der Waals surface area contributed by atoms with Crippen LogP contribution in [-0.2, 0) is 19.1 Å². The van der Waals surface area contributed by atoms with Crippen LogP contribution >= 0.6 is 0 Å². The summed E-state index contributed by atoms with van der Waals surface area (Å²) in [4.78, 5) is 23.2. The van der Waals surface area contributed by atoms with Gasteiger partial charge in [0, 0.05) is 12.8 Å². The molecule has 0 rings (SSSR count). The third-order valence-corrected chi connectivity index (χ3v) is 4.65. The molecule has 4 nitrogen and oxygen atoms in total. The van der Waals surface area contributed by atoms with E-state index in [-0.39, 0.29) is 11.9 Å². The number of unbranched alkanes of at least 4 members (excludes halogenated alkanes) is 6. The Morgan fingerprint density at radius 3 is 1.65 bits per heavy atom. The average Bonchev–Trinajstić information content (AvgIpc) is 2.62. The van der Waals surface area contributed by atoms with Crippen LogP contribution < -0.4 is 0 Å². The van der Waals surface area contributed by atoms with Gasteiger partial charge in [0.15, 0.2) is 0 Å². The molecular formula is C22H42O4. The van der Waals surface area contributed by atoms with Gasteiger partial charge in [-0.15, -0.1) is 0 Å². The summed E-state index contributed by atoms with van der Waals surface area (Å²) in [6.07, 6.45) is 13.8. The molecule has 154 valence electrons. The first-order valence-corrected chi connectivity index (χ1v) is 10.9. The molecule has 0 aliphatic rings. The molecule has 0 saturated carbocycles. The lowest BCUT2D eigenvalue weighted by atomic mass is 9.99. The number of rotatable bonds is 18. The fraction of sp³-hybridized carbons (Fsp3) is 0.909. The molecule has 0 N–H and O–H groups in total. The number of esters is 2. The Balaban J connectivity index is 3.46. The van der Waals surface area contributed by atoms with Gasteiger partial charge in [-0.1, -0.05) is 65.7 Å². The smallest absolute Gasteiger partial charge is 0.305 e. The van der Waals surface area contributed by atoms with Crippen LogP contribution in [0.15, 0.2) is 0 Å². The van der Waals surface area contributed by atoms with Gasteiger partial charge < -0.3 is 9.47 Å². The second-order valence-electron chi connectivity index (χ2n) is 7.32. The fourth-order valence-electron chi connectivity index (χ4n) is 3.06. The van der Waals surface area contributed by atoms with E-state index in [1.807, 2.05) is 0 Å². The van der Waals surface area contributed by atoms with Gasteiger partial charge >= 0.3 is 11.9 Å². The van der Waals surface area contributed by atoms with E-state index < -0.39 is 0 Å². The minimum Gasteiger partial charge on any atom is -0.466 e. The van der Waals surface area contributed by atoms with E-state index in [1.165, 1.54) is 0 Å². The van der Waals surface area contributed by atoms with Gasteiger partial charge in [0.05, 0.1) is 13.2 Å². The van der Waals surface area contributed by atoms with Crippen LogP contribution in [0.3, 0.4) is 0 Å². The standard InChI is InChI=1S/C22H42O4/c1-4-7-18-25-21(23)16-12-10-8-9-11-13-17-22(24)26-19-20(14-5-2)15-6-3/h20H,4-19H2,1-3H3. The molecule has 0 saturated heterocycles. The summed E-state index contributed by atoms with van der Waals surface area (Å²) in [5, 5.41) is 0. The zero-order valence-electron chi connectivity index (χ0n) is 17.5. The van der Waals surface area contributed by atoms with Crippen molar-refractivity contribution in [3.8, 4) is 0 Å². The minimum atomic E-state index is -0.0642. The number of hydrogen-bond acceptors (Lipinski definition) is 4. The summed E-state index contributed by atoms with van der Waals surface area (Å²) in [6, 6.07) is 0. The average molecular weight is 371 g/mol. The third kappa shape index (κ3) is 16.4. The van der Waals surface area contributed by atoms with Crippen LogP contribution in [0.2, 0.25) is 0 Å². The van der Waals surface area contributed by atoms with Crippen molar-refractivity contribution in [1.29, 1.82) is 0 Å². The van der Waals surface area contributed by atoms with Crippen LogP contribution in [-0.4, -0.2) is 25.2 Å². The molecule has 0 unspecified atom stereocenters. The number of carbonyl (C=O) groups is 2. The summed E-state index contributed by atoms with van der Waals surface area (Å²) in [5.74, 6) is 0.422. The molecule has 0 heterocycles. The normalized spacial score (nSPS) is 10.9. The molecule has 0 bridgehead atoms. The zero-order valence-corrected chi connectivity index (χ0v) is 17.5. The summed E-state index contributed by atoms with van der Waals surface area (Å²) < 4.78 is 10.6. The lowest BCUT2D eigenvalue weighted by Gasteiger charge is -2.15. The van der Waals surface area contributed by atoms with Gasteiger partial charge in [0.2, 0.25) is 0 Å². The van der Waals surface area contributed by atoms with Crippen molar-refractivity contribution >= 4 is 11.9 Å². The predicted molar refractivity (Wildman–Crippen MR) is 107 cm³/mol. The van der Waals surface area contributed by atoms with Crippen molar-refractivity contribution in [1.82, 2.24) is 0 Å². The second kappa shape index (κ2) is 18.7. The van der Waals surface area contributed by atoms with Crippen molar-refractivity contribution in [2.24, 2.45) is 5.92 Å². The van der Waals surface area contributed by atoms with Gasteiger partial charge in [-0.05, 0) is 38.0 Å². The van der Waals surface area contributed by atoms with E-state index in [0.717, 1.165) is 77.0 Å². The summed E-state index contributed by atoms with van der Waals surface area (Å²) in [6.45, 7) is 7.60. The van der Waals surface area contributed by atoms with E-state index in [9.17, 15) is 9.59 Å². The van der Waals surface area contributed by atoms with Crippen molar-refractivity contribution in [2.45, 2.75) is 111 Å². The molecule has 0 spiro atoms. The highest BCUT2D eigenvalue weighted by atomic mass is 16.5. The molecule has 26 heavy (non-hydrogen) atoms.